The fraction of sp³-hybridized carbons (Fsp3) is 0.250. The number of hydrogen-bond donors (Lipinski definition) is 2. The van der Waals surface area contributed by atoms with E-state index >= 15 is 0 Å². The summed E-state index contributed by atoms with van der Waals surface area (Å²) in [6.45, 7) is 6.77. The van der Waals surface area contributed by atoms with Crippen LogP contribution in [0.25, 0.3) is 22.7 Å². The lowest BCUT2D eigenvalue weighted by Crippen LogP contribution is -2.27. The summed E-state index contributed by atoms with van der Waals surface area (Å²) < 4.78 is 30.1. The number of hydrogen-bond acceptors (Lipinski definition) is 7. The van der Waals surface area contributed by atoms with Gasteiger partial charge in [-0.1, -0.05) is 6.07 Å². The van der Waals surface area contributed by atoms with Gasteiger partial charge in [-0.3, -0.25) is 14.6 Å². The average molecular weight is 573 g/mol. The molecule has 1 amide bonds. The molecule has 13 heteroatoms. The number of sulfonamides is 1. The largest absolute Gasteiger partial charge is 0.306 e. The fourth-order valence-corrected chi connectivity index (χ4v) is 6.36. The highest BCUT2D eigenvalue weighted by Gasteiger charge is 2.27. The van der Waals surface area contributed by atoms with Gasteiger partial charge < -0.3 is 5.32 Å². The van der Waals surface area contributed by atoms with E-state index in [9.17, 15) is 18.0 Å². The van der Waals surface area contributed by atoms with E-state index in [0.29, 0.717) is 29.8 Å². The summed E-state index contributed by atoms with van der Waals surface area (Å²) in [4.78, 5) is 33.6. The summed E-state index contributed by atoms with van der Waals surface area (Å²) in [6.07, 6.45) is 3.15. The Bertz CT molecular complexity index is 1970. The monoisotopic (exact) mass is 572 g/mol. The van der Waals surface area contributed by atoms with E-state index in [4.69, 9.17) is 0 Å². The topological polar surface area (TPSA) is 148 Å². The average Bonchev–Trinajstić information content (AvgIpc) is 3.71. The van der Waals surface area contributed by atoms with Crippen LogP contribution in [0.4, 0.5) is 5.82 Å². The van der Waals surface area contributed by atoms with Gasteiger partial charge in [-0.25, -0.2) is 13.1 Å². The molecule has 6 rings (SSSR count). The highest BCUT2D eigenvalue weighted by Crippen LogP contribution is 2.23. The molecule has 4 heterocycles. The van der Waals surface area contributed by atoms with Gasteiger partial charge in [0.25, 0.3) is 11.5 Å². The van der Waals surface area contributed by atoms with Crippen LogP contribution in [0, 0.1) is 20.8 Å². The number of anilines is 1. The normalized spacial score (nSPS) is 14.1. The summed E-state index contributed by atoms with van der Waals surface area (Å²) in [6, 6.07) is 13.3. The van der Waals surface area contributed by atoms with E-state index in [2.05, 4.69) is 25.5 Å². The summed E-state index contributed by atoms with van der Waals surface area (Å²) >= 11 is 0. The van der Waals surface area contributed by atoms with Crippen LogP contribution in [-0.2, 0) is 10.0 Å². The summed E-state index contributed by atoms with van der Waals surface area (Å²) in [7, 11) is -3.59. The Balaban J connectivity index is 1.31. The van der Waals surface area contributed by atoms with Gasteiger partial charge in [0.2, 0.25) is 16.0 Å². The van der Waals surface area contributed by atoms with Crippen LogP contribution in [0.1, 0.15) is 40.0 Å². The van der Waals surface area contributed by atoms with Crippen LogP contribution in [0.5, 0.6) is 0 Å². The van der Waals surface area contributed by atoms with Crippen molar-refractivity contribution in [2.75, 3.05) is 18.4 Å². The molecule has 0 unspecified atom stereocenters. The predicted molar refractivity (Wildman–Crippen MR) is 153 cm³/mol. The second-order valence-corrected chi connectivity index (χ2v) is 12.1. The standard InChI is InChI=1S/C28H28N8O4S/c1-17-6-9-21(14-18(17)2)35-25-23(16-29-35)27(38)32-28(31-25)36-24(15-19(3)33-36)30-26(37)20-7-10-22(11-8-20)41(39,40)34-12-4-5-13-34/h6-11,14-16H,4-5,12-13H2,1-3H3,(H,30,37)(H,31,32,38). The number of nitrogens with zero attached hydrogens (tertiary/aromatic N) is 6. The molecule has 3 aromatic heterocycles. The predicted octanol–water partition coefficient (Wildman–Crippen LogP) is 3.26. The van der Waals surface area contributed by atoms with Gasteiger partial charge >= 0.3 is 0 Å². The van der Waals surface area contributed by atoms with E-state index in [1.165, 1.54) is 39.4 Å². The molecule has 1 aliphatic heterocycles. The summed E-state index contributed by atoms with van der Waals surface area (Å²) in [5.41, 5.74) is 3.75. The molecule has 1 fully saturated rings. The molecule has 0 saturated carbocycles. The van der Waals surface area contributed by atoms with Crippen molar-refractivity contribution in [1.29, 1.82) is 0 Å². The first-order valence-corrected chi connectivity index (χ1v) is 14.6. The second kappa shape index (κ2) is 10.1. The SMILES string of the molecule is Cc1cc(NC(=O)c2ccc(S(=O)(=O)N3CCCC3)cc2)n(-c2nc3c(cnn3-c3ccc(C)c(C)c3)c(=O)[nH]2)n1. The maximum absolute atomic E-state index is 13.1. The van der Waals surface area contributed by atoms with Crippen LogP contribution in [-0.4, -0.2) is 61.2 Å². The van der Waals surface area contributed by atoms with E-state index in [1.807, 2.05) is 32.0 Å². The molecule has 0 aliphatic carbocycles. The number of carbonyl (C=O) groups excluding carboxylic acids is 1. The first-order chi connectivity index (χ1) is 19.6. The molecule has 0 bridgehead atoms. The van der Waals surface area contributed by atoms with Crippen LogP contribution in [0.3, 0.4) is 0 Å². The molecular weight excluding hydrogens is 544 g/mol. The number of aromatic amines is 1. The Hall–Kier alpha value is -4.62. The molecule has 5 aromatic rings. The minimum atomic E-state index is -3.59. The molecule has 0 atom stereocenters. The Kier molecular flexibility index (Phi) is 6.54. The van der Waals surface area contributed by atoms with Crippen molar-refractivity contribution in [1.82, 2.24) is 33.8 Å². The molecule has 1 aliphatic rings. The van der Waals surface area contributed by atoms with Crippen molar-refractivity contribution < 1.29 is 13.2 Å². The van der Waals surface area contributed by atoms with E-state index in [1.54, 1.807) is 17.7 Å². The van der Waals surface area contributed by atoms with Gasteiger partial charge in [-0.05, 0) is 81.1 Å². The van der Waals surface area contributed by atoms with Crippen molar-refractivity contribution in [2.24, 2.45) is 0 Å². The van der Waals surface area contributed by atoms with Crippen molar-refractivity contribution in [3.05, 3.63) is 87.5 Å². The van der Waals surface area contributed by atoms with E-state index in [0.717, 1.165) is 29.7 Å². The highest BCUT2D eigenvalue weighted by atomic mass is 32.2. The molecule has 210 valence electrons. The van der Waals surface area contributed by atoms with E-state index in [-0.39, 0.29) is 22.2 Å². The fourth-order valence-electron chi connectivity index (χ4n) is 4.85. The molecule has 12 nitrogen and oxygen atoms in total. The smallest absolute Gasteiger partial charge is 0.263 e. The third-order valence-electron chi connectivity index (χ3n) is 7.25. The lowest BCUT2D eigenvalue weighted by atomic mass is 10.1. The van der Waals surface area contributed by atoms with Gasteiger partial charge in [0.05, 0.1) is 22.5 Å². The first kappa shape index (κ1) is 26.6. The minimum Gasteiger partial charge on any atom is -0.306 e. The van der Waals surface area contributed by atoms with Crippen molar-refractivity contribution >= 4 is 32.8 Å². The molecule has 2 N–H and O–H groups in total. The number of nitrogens with one attached hydrogen (secondary N) is 2. The van der Waals surface area contributed by atoms with Gasteiger partial charge in [-0.15, -0.1) is 0 Å². The Morgan fingerprint density at radius 3 is 2.39 bits per heavy atom. The molecule has 1 saturated heterocycles. The van der Waals surface area contributed by atoms with Crippen molar-refractivity contribution in [3.8, 4) is 11.6 Å². The Morgan fingerprint density at radius 1 is 0.951 bits per heavy atom. The van der Waals surface area contributed by atoms with Gasteiger partial charge in [0.15, 0.2) is 5.65 Å². The number of aryl methyl sites for hydroxylation is 3. The van der Waals surface area contributed by atoms with Crippen LogP contribution in [0.2, 0.25) is 0 Å². The van der Waals surface area contributed by atoms with Gasteiger partial charge in [0.1, 0.15) is 11.2 Å². The molecule has 0 radical (unpaired) electrons. The summed E-state index contributed by atoms with van der Waals surface area (Å²) in [5, 5.41) is 11.9. The van der Waals surface area contributed by atoms with Crippen LogP contribution in [0.15, 0.2) is 64.4 Å². The van der Waals surface area contributed by atoms with E-state index < -0.39 is 21.5 Å². The number of carbonyl (C=O) groups is 1. The first-order valence-electron chi connectivity index (χ1n) is 13.2. The lowest BCUT2D eigenvalue weighted by molar-refractivity contribution is 0.102. The zero-order valence-corrected chi connectivity index (χ0v) is 23.6. The molecule has 41 heavy (non-hydrogen) atoms. The van der Waals surface area contributed by atoms with Gasteiger partial charge in [-0.2, -0.15) is 24.2 Å². The zero-order valence-electron chi connectivity index (χ0n) is 22.7. The number of H-pyrrole nitrogens is 1. The maximum Gasteiger partial charge on any atom is 0.263 e. The number of amides is 1. The molecular formula is C28H28N8O4S. The third kappa shape index (κ3) is 4.83. The number of rotatable bonds is 6. The Morgan fingerprint density at radius 2 is 1.68 bits per heavy atom. The lowest BCUT2D eigenvalue weighted by Gasteiger charge is -2.15. The Labute approximate surface area is 235 Å². The minimum absolute atomic E-state index is 0.100. The number of fused-ring (bicyclic) bond motifs is 1. The van der Waals surface area contributed by atoms with Crippen molar-refractivity contribution in [2.45, 2.75) is 38.5 Å². The van der Waals surface area contributed by atoms with Crippen LogP contribution >= 0.6 is 0 Å². The second-order valence-electron chi connectivity index (χ2n) is 10.1. The van der Waals surface area contributed by atoms with Crippen LogP contribution < -0.4 is 10.9 Å². The number of benzene rings is 2. The third-order valence-corrected chi connectivity index (χ3v) is 9.17. The quantitative estimate of drug-likeness (QED) is 0.317. The van der Waals surface area contributed by atoms with Crippen molar-refractivity contribution in [3.63, 3.8) is 0 Å². The van der Waals surface area contributed by atoms with Gasteiger partial charge in [0, 0.05) is 24.7 Å². The number of aromatic nitrogens is 6. The highest BCUT2D eigenvalue weighted by molar-refractivity contribution is 7.89. The molecule has 2 aromatic carbocycles. The molecule has 0 spiro atoms. The zero-order chi connectivity index (χ0) is 28.9. The maximum atomic E-state index is 13.1. The summed E-state index contributed by atoms with van der Waals surface area (Å²) in [5.74, 6) is -0.0931.